The zero-order chi connectivity index (χ0) is 21.8. The van der Waals surface area contributed by atoms with Gasteiger partial charge in [-0.1, -0.05) is 29.2 Å². The van der Waals surface area contributed by atoms with Gasteiger partial charge >= 0.3 is 0 Å². The van der Waals surface area contributed by atoms with E-state index in [0.29, 0.717) is 27.4 Å². The highest BCUT2D eigenvalue weighted by Gasteiger charge is 2.12. The number of hydrogen-bond acceptors (Lipinski definition) is 8. The molecule has 2 heterocycles. The lowest BCUT2D eigenvalue weighted by Gasteiger charge is -2.09. The number of nitrogens with zero attached hydrogens (tertiary/aromatic N) is 3. The number of fused-ring (bicyclic) bond motifs is 1. The fourth-order valence-corrected chi connectivity index (χ4v) is 4.53. The largest absolute Gasteiger partial charge is 0.497 e. The Bertz CT molecular complexity index is 1230. The average Bonchev–Trinajstić information content (AvgIpc) is 3.18. The normalized spacial score (nSPS) is 10.8. The average molecular weight is 453 g/mol. The molecule has 0 saturated heterocycles. The van der Waals surface area contributed by atoms with E-state index in [2.05, 4.69) is 26.6 Å². The first kappa shape index (κ1) is 21.1. The Balaban J connectivity index is 1.39. The molecule has 2 aromatic carbocycles. The molecule has 0 fully saturated rings. The number of aromatic nitrogens is 3. The summed E-state index contributed by atoms with van der Waals surface area (Å²) in [7, 11) is 3.21. The van der Waals surface area contributed by atoms with E-state index >= 15 is 0 Å². The first-order valence-electron chi connectivity index (χ1n) is 9.41. The lowest BCUT2D eigenvalue weighted by molar-refractivity contribution is -0.113. The molecule has 4 aromatic rings. The lowest BCUT2D eigenvalue weighted by Crippen LogP contribution is -2.13. The van der Waals surface area contributed by atoms with Crippen molar-refractivity contribution in [3.05, 3.63) is 54.1 Å². The fourth-order valence-electron chi connectivity index (χ4n) is 2.94. The van der Waals surface area contributed by atoms with Crippen LogP contribution in [-0.2, 0) is 4.79 Å². The number of rotatable bonds is 7. The van der Waals surface area contributed by atoms with Crippen molar-refractivity contribution < 1.29 is 14.3 Å². The first-order valence-corrected chi connectivity index (χ1v) is 11.2. The second kappa shape index (κ2) is 9.32. The van der Waals surface area contributed by atoms with Crippen molar-refractivity contribution in [3.8, 4) is 22.8 Å². The maximum absolute atomic E-state index is 12.3. The van der Waals surface area contributed by atoms with Crippen molar-refractivity contribution in [1.82, 2.24) is 15.2 Å². The predicted octanol–water partition coefficient (Wildman–Crippen LogP) is 4.81. The molecule has 7 nitrogen and oxygen atoms in total. The third kappa shape index (κ3) is 4.95. The number of hydrogen-bond donors (Lipinski definition) is 1. The van der Waals surface area contributed by atoms with Crippen LogP contribution >= 0.6 is 23.1 Å². The molecule has 0 aliphatic carbocycles. The van der Waals surface area contributed by atoms with Crippen molar-refractivity contribution in [1.29, 1.82) is 0 Å². The summed E-state index contributed by atoms with van der Waals surface area (Å²) in [6.45, 7) is 2.03. The second-order valence-electron chi connectivity index (χ2n) is 6.65. The molecule has 0 atom stereocenters. The Hall–Kier alpha value is -3.17. The van der Waals surface area contributed by atoms with E-state index in [1.165, 1.54) is 23.1 Å². The zero-order valence-electron chi connectivity index (χ0n) is 17.2. The Labute approximate surface area is 187 Å². The van der Waals surface area contributed by atoms with Gasteiger partial charge in [0.25, 0.3) is 0 Å². The number of anilines is 1. The van der Waals surface area contributed by atoms with E-state index in [4.69, 9.17) is 9.47 Å². The summed E-state index contributed by atoms with van der Waals surface area (Å²) in [6, 6.07) is 15.2. The molecular weight excluding hydrogens is 432 g/mol. The van der Waals surface area contributed by atoms with Crippen LogP contribution in [-0.4, -0.2) is 41.1 Å². The van der Waals surface area contributed by atoms with Gasteiger partial charge in [0, 0.05) is 5.56 Å². The Morgan fingerprint density at radius 1 is 1.06 bits per heavy atom. The number of thioether (sulfide) groups is 1. The lowest BCUT2D eigenvalue weighted by atomic mass is 10.1. The molecule has 0 aliphatic rings. The third-order valence-electron chi connectivity index (χ3n) is 4.46. The van der Waals surface area contributed by atoms with Crippen LogP contribution < -0.4 is 14.8 Å². The minimum atomic E-state index is -0.138. The number of benzene rings is 2. The number of methoxy groups -OCH3 is 2. The highest BCUT2D eigenvalue weighted by molar-refractivity contribution is 7.99. The van der Waals surface area contributed by atoms with Gasteiger partial charge in [-0.15, -0.1) is 10.2 Å². The summed E-state index contributed by atoms with van der Waals surface area (Å²) < 4.78 is 11.7. The molecular formula is C22H20N4O3S2. The van der Waals surface area contributed by atoms with Gasteiger partial charge in [-0.3, -0.25) is 4.79 Å². The Morgan fingerprint density at radius 3 is 2.68 bits per heavy atom. The van der Waals surface area contributed by atoms with Crippen molar-refractivity contribution in [3.63, 3.8) is 0 Å². The quantitative estimate of drug-likeness (QED) is 0.403. The maximum atomic E-state index is 12.3. The molecule has 0 unspecified atom stereocenters. The summed E-state index contributed by atoms with van der Waals surface area (Å²) in [5.41, 5.74) is 3.50. The van der Waals surface area contributed by atoms with E-state index in [1.54, 1.807) is 14.2 Å². The highest BCUT2D eigenvalue weighted by Crippen LogP contribution is 2.32. The number of carbonyl (C=O) groups is 1. The highest BCUT2D eigenvalue weighted by atomic mass is 32.2. The van der Waals surface area contributed by atoms with Gasteiger partial charge in [-0.2, -0.15) is 0 Å². The topological polar surface area (TPSA) is 86.2 Å². The summed E-state index contributed by atoms with van der Waals surface area (Å²) in [5.74, 6) is 1.46. The van der Waals surface area contributed by atoms with Crippen LogP contribution in [0.25, 0.3) is 21.5 Å². The maximum Gasteiger partial charge on any atom is 0.236 e. The smallest absolute Gasteiger partial charge is 0.236 e. The molecule has 0 bridgehead atoms. The van der Waals surface area contributed by atoms with E-state index in [-0.39, 0.29) is 11.7 Å². The monoisotopic (exact) mass is 452 g/mol. The molecule has 158 valence electrons. The van der Waals surface area contributed by atoms with Crippen LogP contribution in [0.5, 0.6) is 11.5 Å². The van der Waals surface area contributed by atoms with Crippen LogP contribution in [0, 0.1) is 6.92 Å². The first-order chi connectivity index (χ1) is 15.1. The van der Waals surface area contributed by atoms with Crippen LogP contribution in [0.15, 0.2) is 53.6 Å². The van der Waals surface area contributed by atoms with Gasteiger partial charge in [0.1, 0.15) is 16.5 Å². The van der Waals surface area contributed by atoms with E-state index < -0.39 is 0 Å². The summed E-state index contributed by atoms with van der Waals surface area (Å²) >= 11 is 2.78. The summed E-state index contributed by atoms with van der Waals surface area (Å²) in [4.78, 5) is 16.8. The molecule has 9 heteroatoms. The van der Waals surface area contributed by atoms with Gasteiger partial charge in [0.05, 0.1) is 35.9 Å². The van der Waals surface area contributed by atoms with Crippen LogP contribution in [0.2, 0.25) is 0 Å². The number of nitrogens with one attached hydrogen (secondary N) is 1. The molecule has 1 N–H and O–H groups in total. The zero-order valence-corrected chi connectivity index (χ0v) is 18.8. The number of thiazole rings is 1. The molecule has 0 aliphatic heterocycles. The number of ether oxygens (including phenoxy) is 2. The number of amides is 1. The van der Waals surface area contributed by atoms with Crippen molar-refractivity contribution in [2.24, 2.45) is 0 Å². The third-order valence-corrected chi connectivity index (χ3v) is 6.32. The van der Waals surface area contributed by atoms with Crippen LogP contribution in [0.4, 0.5) is 5.13 Å². The number of aryl methyl sites for hydroxylation is 1. The molecule has 1 amide bonds. The molecule has 2 aromatic heterocycles. The van der Waals surface area contributed by atoms with Gasteiger partial charge < -0.3 is 14.8 Å². The molecule has 0 radical (unpaired) electrons. The summed E-state index contributed by atoms with van der Waals surface area (Å²) in [5, 5.41) is 12.6. The fraction of sp³-hybridized carbons (Fsp3) is 0.182. The van der Waals surface area contributed by atoms with Crippen LogP contribution in [0.3, 0.4) is 0 Å². The van der Waals surface area contributed by atoms with Crippen molar-refractivity contribution in [2.75, 3.05) is 25.3 Å². The second-order valence-corrected chi connectivity index (χ2v) is 8.68. The van der Waals surface area contributed by atoms with E-state index in [1.807, 2.05) is 49.4 Å². The van der Waals surface area contributed by atoms with Gasteiger partial charge in [0.2, 0.25) is 5.91 Å². The van der Waals surface area contributed by atoms with Gasteiger partial charge in [-0.05, 0) is 55.0 Å². The van der Waals surface area contributed by atoms with E-state index in [0.717, 1.165) is 21.3 Å². The van der Waals surface area contributed by atoms with Crippen LogP contribution in [0.1, 0.15) is 5.56 Å². The predicted molar refractivity (Wildman–Crippen MR) is 124 cm³/mol. The van der Waals surface area contributed by atoms with E-state index in [9.17, 15) is 4.79 Å². The van der Waals surface area contributed by atoms with Crippen molar-refractivity contribution in [2.45, 2.75) is 11.9 Å². The Kier molecular flexibility index (Phi) is 6.34. The molecule has 4 rings (SSSR count). The summed E-state index contributed by atoms with van der Waals surface area (Å²) in [6.07, 6.45) is 0. The minimum Gasteiger partial charge on any atom is -0.497 e. The molecule has 31 heavy (non-hydrogen) atoms. The standard InChI is InChI=1S/C22H20N4O3S2/c1-13-4-6-17-19(10-13)31-22(23-17)24-20(27)12-30-21-9-7-16(25-26-21)15-11-14(28-2)5-8-18(15)29-3/h4-11H,12H2,1-3H3,(H,23,24,27). The van der Waals surface area contributed by atoms with Gasteiger partial charge in [0.15, 0.2) is 5.13 Å². The molecule has 0 spiro atoms. The SMILES string of the molecule is COc1ccc(OC)c(-c2ccc(SCC(=O)Nc3nc4ccc(C)cc4s3)nn2)c1. The van der Waals surface area contributed by atoms with Crippen molar-refractivity contribution >= 4 is 44.4 Å². The minimum absolute atomic E-state index is 0.138. The number of carbonyl (C=O) groups excluding carboxylic acids is 1. The molecule has 0 saturated carbocycles. The Morgan fingerprint density at radius 2 is 1.94 bits per heavy atom. The van der Waals surface area contributed by atoms with Gasteiger partial charge in [-0.25, -0.2) is 4.98 Å².